The van der Waals surface area contributed by atoms with Gasteiger partial charge in [-0.05, 0) is 38.1 Å². The molecule has 0 fully saturated rings. The first-order valence-electron chi connectivity index (χ1n) is 6.16. The van der Waals surface area contributed by atoms with E-state index in [4.69, 9.17) is 0 Å². The second-order valence-electron chi connectivity index (χ2n) is 4.15. The number of pyridine rings is 1. The highest BCUT2D eigenvalue weighted by Crippen LogP contribution is 2.11. The third-order valence-electron chi connectivity index (χ3n) is 2.56. The van der Waals surface area contributed by atoms with E-state index in [1.807, 2.05) is 19.9 Å². The van der Waals surface area contributed by atoms with Crippen LogP contribution in [0.1, 0.15) is 31.9 Å². The SMILES string of the molecule is CCNCCCS(=O)(=O)NC(C)c1cccnc1. The van der Waals surface area contributed by atoms with E-state index in [0.717, 1.165) is 18.7 Å². The zero-order valence-corrected chi connectivity index (χ0v) is 11.7. The molecule has 0 radical (unpaired) electrons. The number of nitrogens with one attached hydrogen (secondary N) is 2. The fraction of sp³-hybridized carbons (Fsp3) is 0.583. The second-order valence-corrected chi connectivity index (χ2v) is 6.03. The van der Waals surface area contributed by atoms with Gasteiger partial charge in [-0.15, -0.1) is 0 Å². The third kappa shape index (κ3) is 5.57. The van der Waals surface area contributed by atoms with Crippen molar-refractivity contribution in [2.24, 2.45) is 0 Å². The van der Waals surface area contributed by atoms with Gasteiger partial charge >= 0.3 is 0 Å². The number of hydrogen-bond acceptors (Lipinski definition) is 4. The highest BCUT2D eigenvalue weighted by molar-refractivity contribution is 7.89. The number of rotatable bonds is 8. The van der Waals surface area contributed by atoms with Crippen molar-refractivity contribution in [3.05, 3.63) is 30.1 Å². The van der Waals surface area contributed by atoms with Gasteiger partial charge in [0.15, 0.2) is 0 Å². The van der Waals surface area contributed by atoms with Gasteiger partial charge in [-0.3, -0.25) is 4.98 Å². The molecule has 0 aliphatic carbocycles. The Morgan fingerprint density at radius 1 is 1.44 bits per heavy atom. The van der Waals surface area contributed by atoms with Crippen molar-refractivity contribution in [2.45, 2.75) is 26.3 Å². The summed E-state index contributed by atoms with van der Waals surface area (Å²) in [5.74, 6) is 0.143. The zero-order chi connectivity index (χ0) is 13.4. The van der Waals surface area contributed by atoms with Gasteiger partial charge in [-0.1, -0.05) is 13.0 Å². The van der Waals surface area contributed by atoms with Crippen LogP contribution in [0.4, 0.5) is 0 Å². The lowest BCUT2D eigenvalue weighted by Gasteiger charge is -2.14. The van der Waals surface area contributed by atoms with Crippen LogP contribution in [0.2, 0.25) is 0 Å². The van der Waals surface area contributed by atoms with Gasteiger partial charge in [0, 0.05) is 18.4 Å². The summed E-state index contributed by atoms with van der Waals surface area (Å²) in [4.78, 5) is 3.98. The molecule has 1 aromatic heterocycles. The summed E-state index contributed by atoms with van der Waals surface area (Å²) in [7, 11) is -3.23. The van der Waals surface area contributed by atoms with E-state index in [0.29, 0.717) is 6.42 Å². The van der Waals surface area contributed by atoms with E-state index in [1.165, 1.54) is 0 Å². The molecule has 1 heterocycles. The molecule has 1 rings (SSSR count). The van der Waals surface area contributed by atoms with Crippen LogP contribution in [0.15, 0.2) is 24.5 Å². The first-order valence-corrected chi connectivity index (χ1v) is 7.81. The maximum atomic E-state index is 11.8. The van der Waals surface area contributed by atoms with Gasteiger partial charge in [0.2, 0.25) is 10.0 Å². The summed E-state index contributed by atoms with van der Waals surface area (Å²) in [6, 6.07) is 3.41. The summed E-state index contributed by atoms with van der Waals surface area (Å²) in [5, 5.41) is 3.10. The zero-order valence-electron chi connectivity index (χ0n) is 10.9. The molecule has 0 bridgehead atoms. The Labute approximate surface area is 109 Å². The van der Waals surface area contributed by atoms with E-state index >= 15 is 0 Å². The van der Waals surface area contributed by atoms with Crippen molar-refractivity contribution in [3.63, 3.8) is 0 Å². The molecule has 0 aliphatic heterocycles. The van der Waals surface area contributed by atoms with Crippen molar-refractivity contribution in [3.8, 4) is 0 Å². The minimum atomic E-state index is -3.23. The standard InChI is InChI=1S/C12H21N3O2S/c1-3-13-8-5-9-18(16,17)15-11(2)12-6-4-7-14-10-12/h4,6-7,10-11,13,15H,3,5,8-9H2,1-2H3. The van der Waals surface area contributed by atoms with Gasteiger partial charge in [-0.25, -0.2) is 13.1 Å². The Balaban J connectivity index is 2.45. The van der Waals surface area contributed by atoms with Crippen molar-refractivity contribution >= 4 is 10.0 Å². The van der Waals surface area contributed by atoms with Gasteiger partial charge in [0.25, 0.3) is 0 Å². The summed E-state index contributed by atoms with van der Waals surface area (Å²) < 4.78 is 26.3. The summed E-state index contributed by atoms with van der Waals surface area (Å²) in [6.07, 6.45) is 3.95. The van der Waals surface area contributed by atoms with Gasteiger partial charge < -0.3 is 5.32 Å². The van der Waals surface area contributed by atoms with E-state index in [9.17, 15) is 8.42 Å². The molecule has 1 unspecified atom stereocenters. The molecule has 1 aromatic rings. The maximum Gasteiger partial charge on any atom is 0.212 e. The lowest BCUT2D eigenvalue weighted by Crippen LogP contribution is -2.30. The predicted octanol–water partition coefficient (Wildman–Crippen LogP) is 1.06. The number of hydrogen-bond donors (Lipinski definition) is 2. The molecule has 18 heavy (non-hydrogen) atoms. The van der Waals surface area contributed by atoms with Crippen molar-refractivity contribution < 1.29 is 8.42 Å². The molecule has 1 atom stereocenters. The molecule has 0 saturated carbocycles. The lowest BCUT2D eigenvalue weighted by atomic mass is 10.2. The van der Waals surface area contributed by atoms with Crippen LogP contribution in [0, 0.1) is 0 Å². The number of aromatic nitrogens is 1. The molecular formula is C12H21N3O2S. The molecule has 0 amide bonds. The Morgan fingerprint density at radius 3 is 2.83 bits per heavy atom. The fourth-order valence-electron chi connectivity index (χ4n) is 1.59. The van der Waals surface area contributed by atoms with Crippen LogP contribution < -0.4 is 10.0 Å². The van der Waals surface area contributed by atoms with Crippen LogP contribution in [0.25, 0.3) is 0 Å². The van der Waals surface area contributed by atoms with Crippen molar-refractivity contribution in [1.82, 2.24) is 15.0 Å². The molecule has 0 saturated heterocycles. The smallest absolute Gasteiger partial charge is 0.212 e. The molecule has 102 valence electrons. The molecule has 6 heteroatoms. The summed E-state index contributed by atoms with van der Waals surface area (Å²) in [5.41, 5.74) is 0.868. The second kappa shape index (κ2) is 7.45. The van der Waals surface area contributed by atoms with Gasteiger partial charge in [-0.2, -0.15) is 0 Å². The average molecular weight is 271 g/mol. The average Bonchev–Trinajstić information content (AvgIpc) is 2.35. The molecule has 0 aliphatic rings. The van der Waals surface area contributed by atoms with Crippen molar-refractivity contribution in [2.75, 3.05) is 18.8 Å². The Kier molecular flexibility index (Phi) is 6.24. The number of nitrogens with zero attached hydrogens (tertiary/aromatic N) is 1. The highest BCUT2D eigenvalue weighted by atomic mass is 32.2. The Bertz CT molecular complexity index is 434. The third-order valence-corrected chi connectivity index (χ3v) is 4.10. The predicted molar refractivity (Wildman–Crippen MR) is 72.7 cm³/mol. The molecule has 5 nitrogen and oxygen atoms in total. The molecule has 0 spiro atoms. The lowest BCUT2D eigenvalue weighted by molar-refractivity contribution is 0.561. The van der Waals surface area contributed by atoms with Gasteiger partial charge in [0.05, 0.1) is 5.75 Å². The highest BCUT2D eigenvalue weighted by Gasteiger charge is 2.15. The van der Waals surface area contributed by atoms with E-state index in [-0.39, 0.29) is 11.8 Å². The summed E-state index contributed by atoms with van der Waals surface area (Å²) >= 11 is 0. The van der Waals surface area contributed by atoms with E-state index in [2.05, 4.69) is 15.0 Å². The van der Waals surface area contributed by atoms with E-state index in [1.54, 1.807) is 18.5 Å². The van der Waals surface area contributed by atoms with Crippen LogP contribution >= 0.6 is 0 Å². The molecular weight excluding hydrogens is 250 g/mol. The maximum absolute atomic E-state index is 11.8. The van der Waals surface area contributed by atoms with Crippen LogP contribution in [-0.2, 0) is 10.0 Å². The first-order chi connectivity index (χ1) is 8.55. The Morgan fingerprint density at radius 2 is 2.22 bits per heavy atom. The van der Waals surface area contributed by atoms with E-state index < -0.39 is 10.0 Å². The topological polar surface area (TPSA) is 71.1 Å². The van der Waals surface area contributed by atoms with Crippen LogP contribution in [0.5, 0.6) is 0 Å². The summed E-state index contributed by atoms with van der Waals surface area (Å²) in [6.45, 7) is 5.40. The molecule has 0 aromatic carbocycles. The normalized spacial score (nSPS) is 13.4. The van der Waals surface area contributed by atoms with Crippen LogP contribution in [-0.4, -0.2) is 32.2 Å². The first kappa shape index (κ1) is 15.1. The number of sulfonamides is 1. The van der Waals surface area contributed by atoms with Gasteiger partial charge in [0.1, 0.15) is 0 Å². The molecule has 2 N–H and O–H groups in total. The minimum Gasteiger partial charge on any atom is -0.317 e. The minimum absolute atomic E-state index is 0.143. The largest absolute Gasteiger partial charge is 0.317 e. The Hall–Kier alpha value is -0.980. The fourth-order valence-corrected chi connectivity index (χ4v) is 2.91. The monoisotopic (exact) mass is 271 g/mol. The van der Waals surface area contributed by atoms with Crippen LogP contribution in [0.3, 0.4) is 0 Å². The van der Waals surface area contributed by atoms with Crippen molar-refractivity contribution in [1.29, 1.82) is 0 Å². The quantitative estimate of drug-likeness (QED) is 0.694.